The molecule has 0 aliphatic heterocycles. The first-order valence-corrected chi connectivity index (χ1v) is 7.19. The Morgan fingerprint density at radius 1 is 1.32 bits per heavy atom. The van der Waals surface area contributed by atoms with E-state index in [1.54, 1.807) is 0 Å². The molecule has 2 rings (SSSR count). The molecule has 0 aliphatic carbocycles. The molecule has 0 radical (unpaired) electrons. The van der Waals surface area contributed by atoms with Gasteiger partial charge in [0, 0.05) is 17.9 Å². The molecule has 0 amide bonds. The highest BCUT2D eigenvalue weighted by Gasteiger charge is 2.20. The number of aryl methyl sites for hydroxylation is 3. The third-order valence-electron chi connectivity index (χ3n) is 3.13. The van der Waals surface area contributed by atoms with Crippen molar-refractivity contribution in [1.29, 1.82) is 0 Å². The van der Waals surface area contributed by atoms with Crippen molar-refractivity contribution in [1.82, 2.24) is 20.1 Å². The van der Waals surface area contributed by atoms with Gasteiger partial charge in [0.2, 0.25) is 0 Å². The highest BCUT2D eigenvalue weighted by Crippen LogP contribution is 2.28. The molecule has 102 valence electrons. The van der Waals surface area contributed by atoms with E-state index in [2.05, 4.69) is 50.4 Å². The molecular formula is C14H19BrN4. The molecule has 2 aromatic heterocycles. The van der Waals surface area contributed by atoms with E-state index < -0.39 is 0 Å². The molecule has 19 heavy (non-hydrogen) atoms. The Labute approximate surface area is 122 Å². The largest absolute Gasteiger partial charge is 0.308 e. The van der Waals surface area contributed by atoms with Crippen LogP contribution in [0.4, 0.5) is 0 Å². The van der Waals surface area contributed by atoms with Gasteiger partial charge in [-0.3, -0.25) is 9.67 Å². The normalized spacial score (nSPS) is 12.7. The van der Waals surface area contributed by atoms with Crippen LogP contribution in [0.5, 0.6) is 0 Å². The Bertz CT molecular complexity index is 557. The number of aromatic nitrogens is 3. The summed E-state index contributed by atoms with van der Waals surface area (Å²) in [6.07, 6.45) is 1.85. The number of nitrogens with one attached hydrogen (secondary N) is 1. The molecule has 1 unspecified atom stereocenters. The van der Waals surface area contributed by atoms with E-state index >= 15 is 0 Å². The fourth-order valence-corrected chi connectivity index (χ4v) is 2.93. The lowest BCUT2D eigenvalue weighted by Crippen LogP contribution is -2.22. The van der Waals surface area contributed by atoms with Crippen molar-refractivity contribution in [3.63, 3.8) is 0 Å². The average Bonchev–Trinajstić information content (AvgIpc) is 2.71. The van der Waals surface area contributed by atoms with Gasteiger partial charge in [-0.15, -0.1) is 0 Å². The number of halogens is 1. The lowest BCUT2D eigenvalue weighted by molar-refractivity contribution is 0.561. The van der Waals surface area contributed by atoms with Crippen LogP contribution in [0.3, 0.4) is 0 Å². The molecule has 0 saturated carbocycles. The second-order valence-electron chi connectivity index (χ2n) is 4.60. The molecule has 5 heteroatoms. The molecule has 0 fully saturated rings. The monoisotopic (exact) mass is 322 g/mol. The quantitative estimate of drug-likeness (QED) is 0.941. The number of hydrogen-bond acceptors (Lipinski definition) is 3. The summed E-state index contributed by atoms with van der Waals surface area (Å²) in [6.45, 7) is 6.99. The Morgan fingerprint density at radius 3 is 2.47 bits per heavy atom. The number of nitrogens with zero attached hydrogens (tertiary/aromatic N) is 3. The predicted octanol–water partition coefficient (Wildman–Crippen LogP) is 2.99. The second kappa shape index (κ2) is 5.84. The van der Waals surface area contributed by atoms with Crippen molar-refractivity contribution in [2.45, 2.75) is 33.4 Å². The Morgan fingerprint density at radius 2 is 1.95 bits per heavy atom. The Balaban J connectivity index is 2.52. The predicted molar refractivity (Wildman–Crippen MR) is 80.2 cm³/mol. The number of hydrogen-bond donors (Lipinski definition) is 1. The first-order chi connectivity index (χ1) is 9.06. The van der Waals surface area contributed by atoms with Crippen LogP contribution in [-0.4, -0.2) is 21.8 Å². The third kappa shape index (κ3) is 2.87. The summed E-state index contributed by atoms with van der Waals surface area (Å²) >= 11 is 3.59. The molecule has 1 N–H and O–H groups in total. The van der Waals surface area contributed by atoms with E-state index in [-0.39, 0.29) is 6.04 Å². The summed E-state index contributed by atoms with van der Waals surface area (Å²) in [6, 6.07) is 4.35. The zero-order valence-electron chi connectivity index (χ0n) is 11.7. The van der Waals surface area contributed by atoms with Crippen LogP contribution in [0.2, 0.25) is 0 Å². The van der Waals surface area contributed by atoms with Crippen molar-refractivity contribution >= 4 is 15.9 Å². The highest BCUT2D eigenvalue weighted by molar-refractivity contribution is 9.10. The minimum absolute atomic E-state index is 0.109. The zero-order valence-corrected chi connectivity index (χ0v) is 13.3. The zero-order chi connectivity index (χ0) is 14.0. The Hall–Kier alpha value is -1.20. The van der Waals surface area contributed by atoms with Crippen LogP contribution in [0.1, 0.15) is 35.6 Å². The topological polar surface area (TPSA) is 42.7 Å². The fraction of sp³-hybridized carbons (Fsp3) is 0.429. The maximum atomic E-state index is 4.44. The van der Waals surface area contributed by atoms with E-state index in [0.29, 0.717) is 0 Å². The van der Waals surface area contributed by atoms with Crippen molar-refractivity contribution < 1.29 is 0 Å². The van der Waals surface area contributed by atoms with Crippen LogP contribution in [0.25, 0.3) is 0 Å². The standard InChI is InChI=1S/C14H19BrN4/c1-5-19-14(12(15)8-17-19)13(16-4)11-6-9(2)18-10(3)7-11/h6-8,13,16H,5H2,1-4H3. The highest BCUT2D eigenvalue weighted by atomic mass is 79.9. The molecule has 2 heterocycles. The van der Waals surface area contributed by atoms with Gasteiger partial charge in [0.05, 0.1) is 22.4 Å². The van der Waals surface area contributed by atoms with Crippen molar-refractivity contribution in [2.75, 3.05) is 7.05 Å². The minimum Gasteiger partial charge on any atom is -0.308 e. The van der Waals surface area contributed by atoms with Crippen LogP contribution in [0.15, 0.2) is 22.8 Å². The lowest BCUT2D eigenvalue weighted by atomic mass is 10.0. The van der Waals surface area contributed by atoms with Gasteiger partial charge in [0.15, 0.2) is 0 Å². The first kappa shape index (κ1) is 14.2. The maximum Gasteiger partial charge on any atom is 0.0758 e. The molecular weight excluding hydrogens is 304 g/mol. The lowest BCUT2D eigenvalue weighted by Gasteiger charge is -2.19. The maximum absolute atomic E-state index is 4.44. The van der Waals surface area contributed by atoms with Gasteiger partial charge in [-0.25, -0.2) is 0 Å². The van der Waals surface area contributed by atoms with Crippen LogP contribution >= 0.6 is 15.9 Å². The van der Waals surface area contributed by atoms with Crippen molar-refractivity contribution in [3.8, 4) is 0 Å². The number of rotatable bonds is 4. The van der Waals surface area contributed by atoms with E-state index in [1.165, 1.54) is 5.56 Å². The summed E-state index contributed by atoms with van der Waals surface area (Å²) in [4.78, 5) is 4.44. The molecule has 0 aliphatic rings. The van der Waals surface area contributed by atoms with Gasteiger partial charge in [-0.1, -0.05) is 0 Å². The van der Waals surface area contributed by atoms with Gasteiger partial charge in [-0.2, -0.15) is 5.10 Å². The van der Waals surface area contributed by atoms with E-state index in [9.17, 15) is 0 Å². The summed E-state index contributed by atoms with van der Waals surface area (Å²) in [7, 11) is 1.97. The van der Waals surface area contributed by atoms with Crippen LogP contribution < -0.4 is 5.32 Å². The molecule has 2 aromatic rings. The molecule has 0 spiro atoms. The fourth-order valence-electron chi connectivity index (χ4n) is 2.41. The molecule has 0 bridgehead atoms. The summed E-state index contributed by atoms with van der Waals surface area (Å²) in [5.41, 5.74) is 4.43. The first-order valence-electron chi connectivity index (χ1n) is 6.40. The summed E-state index contributed by atoms with van der Waals surface area (Å²) in [5.74, 6) is 0. The van der Waals surface area contributed by atoms with E-state index in [1.807, 2.05) is 31.8 Å². The van der Waals surface area contributed by atoms with Gasteiger partial charge in [-0.05, 0) is 61.4 Å². The molecule has 0 saturated heterocycles. The second-order valence-corrected chi connectivity index (χ2v) is 5.45. The Kier molecular flexibility index (Phi) is 4.37. The van der Waals surface area contributed by atoms with Gasteiger partial charge in [0.25, 0.3) is 0 Å². The summed E-state index contributed by atoms with van der Waals surface area (Å²) in [5, 5.41) is 7.76. The summed E-state index contributed by atoms with van der Waals surface area (Å²) < 4.78 is 3.04. The number of pyridine rings is 1. The third-order valence-corrected chi connectivity index (χ3v) is 3.74. The smallest absolute Gasteiger partial charge is 0.0758 e. The molecule has 0 aromatic carbocycles. The van der Waals surface area contributed by atoms with Crippen molar-refractivity contribution in [3.05, 3.63) is 45.4 Å². The van der Waals surface area contributed by atoms with Crippen LogP contribution in [-0.2, 0) is 6.54 Å². The van der Waals surface area contributed by atoms with Gasteiger partial charge in [0.1, 0.15) is 0 Å². The average molecular weight is 323 g/mol. The van der Waals surface area contributed by atoms with Gasteiger partial charge >= 0.3 is 0 Å². The van der Waals surface area contributed by atoms with E-state index in [0.717, 1.165) is 28.1 Å². The molecule has 4 nitrogen and oxygen atoms in total. The van der Waals surface area contributed by atoms with Crippen molar-refractivity contribution in [2.24, 2.45) is 0 Å². The SMILES string of the molecule is CCn1ncc(Br)c1C(NC)c1cc(C)nc(C)c1. The van der Waals surface area contributed by atoms with Gasteiger partial charge < -0.3 is 5.32 Å². The minimum atomic E-state index is 0.109. The van der Waals surface area contributed by atoms with E-state index in [4.69, 9.17) is 0 Å². The van der Waals surface area contributed by atoms with Crippen LogP contribution in [0, 0.1) is 13.8 Å². The molecule has 1 atom stereocenters.